The van der Waals surface area contributed by atoms with Crippen LogP contribution >= 0.6 is 15.9 Å². The van der Waals surface area contributed by atoms with Crippen LogP contribution in [0, 0.1) is 5.92 Å². The maximum Gasteiger partial charge on any atom is 0.243 e. The number of anilines is 1. The molecule has 1 fully saturated rings. The number of nitrogens with one attached hydrogen (secondary N) is 1. The predicted molar refractivity (Wildman–Crippen MR) is 69.9 cm³/mol. The zero-order valence-electron chi connectivity index (χ0n) is 9.31. The number of pyridine rings is 1. The largest absolute Gasteiger partial charge is 0.349 e. The summed E-state index contributed by atoms with van der Waals surface area (Å²) in [7, 11) is 0. The molecule has 2 aromatic rings. The van der Waals surface area contributed by atoms with Crippen LogP contribution in [0.15, 0.2) is 22.8 Å². The molecule has 2 heterocycles. The molecule has 3 rings (SSSR count). The van der Waals surface area contributed by atoms with Crippen molar-refractivity contribution in [1.29, 1.82) is 0 Å². The van der Waals surface area contributed by atoms with Gasteiger partial charge in [-0.05, 0) is 46.8 Å². The summed E-state index contributed by atoms with van der Waals surface area (Å²) in [5.41, 5.74) is 6.58. The normalized spacial score (nSPS) is 17.3. The summed E-state index contributed by atoms with van der Waals surface area (Å²) in [5.74, 6) is 1.35. The van der Waals surface area contributed by atoms with Crippen molar-refractivity contribution in [2.45, 2.75) is 18.9 Å². The van der Waals surface area contributed by atoms with Crippen LogP contribution in [0.3, 0.4) is 0 Å². The lowest BCUT2D eigenvalue weighted by atomic mass is 10.2. The molecule has 1 unspecified atom stereocenters. The second-order valence-corrected chi connectivity index (χ2v) is 5.33. The van der Waals surface area contributed by atoms with Gasteiger partial charge in [-0.3, -0.25) is 0 Å². The molecule has 6 heteroatoms. The first-order valence-electron chi connectivity index (χ1n) is 5.75. The minimum absolute atomic E-state index is 0.302. The van der Waals surface area contributed by atoms with Crippen LogP contribution in [0.5, 0.6) is 0 Å². The Balaban J connectivity index is 1.84. The number of rotatable bonds is 4. The number of nitrogens with zero attached hydrogens (tertiary/aromatic N) is 3. The van der Waals surface area contributed by atoms with E-state index in [1.54, 1.807) is 4.52 Å². The van der Waals surface area contributed by atoms with Gasteiger partial charge in [0.1, 0.15) is 0 Å². The van der Waals surface area contributed by atoms with E-state index in [-0.39, 0.29) is 0 Å². The number of hydrogen-bond acceptors (Lipinski definition) is 4. The fraction of sp³-hybridized carbons (Fsp3) is 0.455. The Morgan fingerprint density at radius 1 is 1.53 bits per heavy atom. The van der Waals surface area contributed by atoms with Crippen LogP contribution < -0.4 is 11.1 Å². The summed E-state index contributed by atoms with van der Waals surface area (Å²) in [5, 5.41) is 7.70. The Morgan fingerprint density at radius 3 is 3.06 bits per heavy atom. The molecule has 5 nitrogen and oxygen atoms in total. The SMILES string of the molecule is NCC(Nc1nc2ccc(Br)cn2n1)C1CC1. The van der Waals surface area contributed by atoms with Crippen LogP contribution in [-0.2, 0) is 0 Å². The van der Waals surface area contributed by atoms with Crippen LogP contribution in [0.2, 0.25) is 0 Å². The number of halogens is 1. The molecule has 17 heavy (non-hydrogen) atoms. The minimum Gasteiger partial charge on any atom is -0.349 e. The number of nitrogens with two attached hydrogens (primary N) is 1. The quantitative estimate of drug-likeness (QED) is 0.900. The minimum atomic E-state index is 0.302. The molecule has 2 aromatic heterocycles. The van der Waals surface area contributed by atoms with E-state index < -0.39 is 0 Å². The Labute approximate surface area is 108 Å². The van der Waals surface area contributed by atoms with Crippen molar-refractivity contribution in [3.63, 3.8) is 0 Å². The predicted octanol–water partition coefficient (Wildman–Crippen LogP) is 1.64. The monoisotopic (exact) mass is 295 g/mol. The maximum absolute atomic E-state index is 5.75. The summed E-state index contributed by atoms with van der Waals surface area (Å²) in [6.07, 6.45) is 4.41. The molecule has 1 aliphatic rings. The Kier molecular flexibility index (Phi) is 2.76. The lowest BCUT2D eigenvalue weighted by molar-refractivity contribution is 0.639. The first-order chi connectivity index (χ1) is 8.26. The number of hydrogen-bond donors (Lipinski definition) is 2. The van der Waals surface area contributed by atoms with Crippen molar-refractivity contribution in [2.75, 3.05) is 11.9 Å². The molecular formula is C11H14BrN5. The molecule has 0 bridgehead atoms. The number of aromatic nitrogens is 3. The molecular weight excluding hydrogens is 282 g/mol. The summed E-state index contributed by atoms with van der Waals surface area (Å²) in [6, 6.07) is 4.18. The first-order valence-corrected chi connectivity index (χ1v) is 6.54. The van der Waals surface area contributed by atoms with Gasteiger partial charge in [0.25, 0.3) is 0 Å². The van der Waals surface area contributed by atoms with Gasteiger partial charge in [-0.15, -0.1) is 5.10 Å². The molecule has 90 valence electrons. The van der Waals surface area contributed by atoms with E-state index >= 15 is 0 Å². The third-order valence-electron chi connectivity index (χ3n) is 3.05. The van der Waals surface area contributed by atoms with Gasteiger partial charge >= 0.3 is 0 Å². The number of fused-ring (bicyclic) bond motifs is 1. The summed E-state index contributed by atoms with van der Waals surface area (Å²) < 4.78 is 2.74. The van der Waals surface area contributed by atoms with Gasteiger partial charge in [-0.1, -0.05) is 0 Å². The average Bonchev–Trinajstić information content (AvgIpc) is 3.07. The zero-order chi connectivity index (χ0) is 11.8. The molecule has 1 saturated carbocycles. The highest BCUT2D eigenvalue weighted by atomic mass is 79.9. The molecule has 0 radical (unpaired) electrons. The average molecular weight is 296 g/mol. The van der Waals surface area contributed by atoms with E-state index in [0.29, 0.717) is 24.5 Å². The Morgan fingerprint density at radius 2 is 2.35 bits per heavy atom. The van der Waals surface area contributed by atoms with Crippen molar-refractivity contribution in [2.24, 2.45) is 11.7 Å². The standard InChI is InChI=1S/C11H14BrN5/c12-8-3-4-10-15-11(16-17(10)6-8)14-9(5-13)7-1-2-7/h3-4,6-7,9H,1-2,5,13H2,(H,14,16). The second kappa shape index (κ2) is 4.27. The van der Waals surface area contributed by atoms with Crippen molar-refractivity contribution in [1.82, 2.24) is 14.6 Å². The van der Waals surface area contributed by atoms with Crippen LogP contribution in [-0.4, -0.2) is 27.2 Å². The van der Waals surface area contributed by atoms with E-state index in [0.717, 1.165) is 10.1 Å². The van der Waals surface area contributed by atoms with E-state index in [1.165, 1.54) is 12.8 Å². The summed E-state index contributed by atoms with van der Waals surface area (Å²) >= 11 is 3.41. The highest BCUT2D eigenvalue weighted by molar-refractivity contribution is 9.10. The molecule has 0 aliphatic heterocycles. The molecule has 0 amide bonds. The first kappa shape index (κ1) is 11.0. The highest BCUT2D eigenvalue weighted by Crippen LogP contribution is 2.33. The molecule has 1 atom stereocenters. The van der Waals surface area contributed by atoms with Crippen molar-refractivity contribution >= 4 is 27.5 Å². The van der Waals surface area contributed by atoms with Crippen LogP contribution in [0.1, 0.15) is 12.8 Å². The van der Waals surface area contributed by atoms with Crippen molar-refractivity contribution in [3.8, 4) is 0 Å². The lowest BCUT2D eigenvalue weighted by Gasteiger charge is -2.13. The summed E-state index contributed by atoms with van der Waals surface area (Å²) in [4.78, 5) is 4.42. The molecule has 3 N–H and O–H groups in total. The second-order valence-electron chi connectivity index (χ2n) is 4.41. The molecule has 0 spiro atoms. The Hall–Kier alpha value is -1.14. The van der Waals surface area contributed by atoms with Gasteiger partial charge < -0.3 is 11.1 Å². The van der Waals surface area contributed by atoms with E-state index in [9.17, 15) is 0 Å². The zero-order valence-corrected chi connectivity index (χ0v) is 10.9. The topological polar surface area (TPSA) is 68.2 Å². The summed E-state index contributed by atoms with van der Waals surface area (Å²) in [6.45, 7) is 0.629. The maximum atomic E-state index is 5.75. The Bertz CT molecular complexity index is 534. The van der Waals surface area contributed by atoms with Crippen molar-refractivity contribution in [3.05, 3.63) is 22.8 Å². The van der Waals surface area contributed by atoms with Crippen molar-refractivity contribution < 1.29 is 0 Å². The molecule has 0 saturated heterocycles. The lowest BCUT2D eigenvalue weighted by Crippen LogP contribution is -2.31. The van der Waals surface area contributed by atoms with Crippen LogP contribution in [0.4, 0.5) is 5.95 Å². The fourth-order valence-electron chi connectivity index (χ4n) is 1.95. The van der Waals surface area contributed by atoms with Gasteiger partial charge in [-0.2, -0.15) is 4.98 Å². The smallest absolute Gasteiger partial charge is 0.243 e. The molecule has 0 aromatic carbocycles. The van der Waals surface area contributed by atoms with E-state index in [2.05, 4.69) is 31.3 Å². The van der Waals surface area contributed by atoms with Gasteiger partial charge in [-0.25, -0.2) is 4.52 Å². The van der Waals surface area contributed by atoms with Gasteiger partial charge in [0.15, 0.2) is 5.65 Å². The van der Waals surface area contributed by atoms with E-state index in [4.69, 9.17) is 5.73 Å². The van der Waals surface area contributed by atoms with Gasteiger partial charge in [0.2, 0.25) is 5.95 Å². The highest BCUT2D eigenvalue weighted by Gasteiger charge is 2.30. The fourth-order valence-corrected chi connectivity index (χ4v) is 2.28. The van der Waals surface area contributed by atoms with Crippen LogP contribution in [0.25, 0.3) is 5.65 Å². The third kappa shape index (κ3) is 2.28. The van der Waals surface area contributed by atoms with E-state index in [1.807, 2.05) is 18.3 Å². The van der Waals surface area contributed by atoms with Gasteiger partial charge in [0.05, 0.1) is 0 Å². The molecule has 1 aliphatic carbocycles. The van der Waals surface area contributed by atoms with Gasteiger partial charge in [0, 0.05) is 23.3 Å². The third-order valence-corrected chi connectivity index (χ3v) is 3.52.